The number of anilines is 1. The first-order chi connectivity index (χ1) is 13.0. The lowest BCUT2D eigenvalue weighted by Gasteiger charge is -2.31. The summed E-state index contributed by atoms with van der Waals surface area (Å²) in [6.07, 6.45) is 0.695. The van der Waals surface area contributed by atoms with E-state index in [9.17, 15) is 14.4 Å². The Morgan fingerprint density at radius 2 is 2.11 bits per heavy atom. The number of hydrogen-bond acceptors (Lipinski definition) is 5. The Labute approximate surface area is 155 Å². The molecular formula is C19H20N4O4. The summed E-state index contributed by atoms with van der Waals surface area (Å²) in [5.41, 5.74) is 1.88. The number of benzene rings is 1. The predicted octanol–water partition coefficient (Wildman–Crippen LogP) is 0.779. The van der Waals surface area contributed by atoms with Crippen LogP contribution in [0, 0.1) is 6.92 Å². The van der Waals surface area contributed by atoms with Crippen molar-refractivity contribution in [3.05, 3.63) is 51.7 Å². The Morgan fingerprint density at radius 1 is 1.30 bits per heavy atom. The normalized spacial score (nSPS) is 15.8. The Kier molecular flexibility index (Phi) is 4.39. The van der Waals surface area contributed by atoms with Gasteiger partial charge >= 0.3 is 0 Å². The Morgan fingerprint density at radius 3 is 2.96 bits per heavy atom. The van der Waals surface area contributed by atoms with Gasteiger partial charge in [-0.1, -0.05) is 12.1 Å². The zero-order valence-electron chi connectivity index (χ0n) is 15.0. The van der Waals surface area contributed by atoms with Crippen LogP contribution in [0.15, 0.2) is 29.1 Å². The van der Waals surface area contributed by atoms with Crippen LogP contribution < -0.4 is 15.2 Å². The predicted molar refractivity (Wildman–Crippen MR) is 97.6 cm³/mol. The van der Waals surface area contributed by atoms with Crippen LogP contribution >= 0.6 is 0 Å². The van der Waals surface area contributed by atoms with E-state index < -0.39 is 0 Å². The van der Waals surface area contributed by atoms with Gasteiger partial charge in [0, 0.05) is 25.1 Å². The van der Waals surface area contributed by atoms with Crippen molar-refractivity contribution in [2.45, 2.75) is 26.3 Å². The highest BCUT2D eigenvalue weighted by Crippen LogP contribution is 2.31. The molecule has 27 heavy (non-hydrogen) atoms. The number of aromatic nitrogens is 2. The van der Waals surface area contributed by atoms with Crippen LogP contribution in [0.1, 0.15) is 23.5 Å². The van der Waals surface area contributed by atoms with E-state index in [-0.39, 0.29) is 30.4 Å². The highest BCUT2D eigenvalue weighted by atomic mass is 16.5. The van der Waals surface area contributed by atoms with Crippen molar-refractivity contribution < 1.29 is 14.3 Å². The summed E-state index contributed by atoms with van der Waals surface area (Å²) >= 11 is 0. The molecule has 0 saturated heterocycles. The largest absolute Gasteiger partial charge is 0.482 e. The topological polar surface area (TPSA) is 95.6 Å². The summed E-state index contributed by atoms with van der Waals surface area (Å²) in [6, 6.07) is 7.30. The molecule has 2 amide bonds. The molecule has 140 valence electrons. The molecular weight excluding hydrogens is 348 g/mol. The van der Waals surface area contributed by atoms with Gasteiger partial charge in [-0.25, -0.2) is 4.98 Å². The quantitative estimate of drug-likeness (QED) is 0.864. The summed E-state index contributed by atoms with van der Waals surface area (Å²) < 4.78 is 5.42. The van der Waals surface area contributed by atoms with Gasteiger partial charge in [0.25, 0.3) is 11.5 Å². The standard InChI is InChI=1S/C19H20N4O4/c1-12-20-14-10-22(8-6-13(14)19(26)21-12)17(24)7-9-23-15-4-2-3-5-16(15)27-11-18(23)25/h2-5H,6-11H2,1H3,(H,20,21,26). The van der Waals surface area contributed by atoms with E-state index in [1.807, 2.05) is 24.3 Å². The first-order valence-corrected chi connectivity index (χ1v) is 8.91. The number of H-pyrrole nitrogens is 1. The molecule has 0 aliphatic carbocycles. The lowest BCUT2D eigenvalue weighted by Crippen LogP contribution is -2.43. The summed E-state index contributed by atoms with van der Waals surface area (Å²) in [5.74, 6) is 0.977. The van der Waals surface area contributed by atoms with Crippen LogP contribution in [0.2, 0.25) is 0 Å². The third-order valence-corrected chi connectivity index (χ3v) is 4.90. The van der Waals surface area contributed by atoms with Gasteiger partial charge in [0.15, 0.2) is 6.61 Å². The lowest BCUT2D eigenvalue weighted by molar-refractivity contribution is -0.132. The van der Waals surface area contributed by atoms with Crippen LogP contribution in [0.4, 0.5) is 5.69 Å². The maximum absolute atomic E-state index is 12.7. The molecule has 0 spiro atoms. The van der Waals surface area contributed by atoms with E-state index in [1.165, 1.54) is 0 Å². The van der Waals surface area contributed by atoms with Crippen molar-refractivity contribution in [3.63, 3.8) is 0 Å². The van der Waals surface area contributed by atoms with E-state index in [0.717, 1.165) is 0 Å². The molecule has 0 fully saturated rings. The number of rotatable bonds is 3. The second-order valence-corrected chi connectivity index (χ2v) is 6.69. The number of nitrogens with zero attached hydrogens (tertiary/aromatic N) is 3. The smallest absolute Gasteiger partial charge is 0.265 e. The Hall–Kier alpha value is -3.16. The monoisotopic (exact) mass is 368 g/mol. The SMILES string of the molecule is Cc1nc2c(c(=O)[nH]1)CCN(C(=O)CCN1C(=O)COc3ccccc31)C2. The van der Waals surface area contributed by atoms with Crippen LogP contribution in [-0.4, -0.2) is 46.4 Å². The van der Waals surface area contributed by atoms with E-state index >= 15 is 0 Å². The molecule has 1 aromatic carbocycles. The fraction of sp³-hybridized carbons (Fsp3) is 0.368. The summed E-state index contributed by atoms with van der Waals surface area (Å²) in [4.78, 5) is 47.3. The fourth-order valence-corrected chi connectivity index (χ4v) is 3.54. The second kappa shape index (κ2) is 6.86. The Bertz CT molecular complexity index is 968. The minimum absolute atomic E-state index is 0.0196. The number of aryl methyl sites for hydroxylation is 1. The fourth-order valence-electron chi connectivity index (χ4n) is 3.54. The van der Waals surface area contributed by atoms with Crippen LogP contribution in [-0.2, 0) is 22.6 Å². The Balaban J connectivity index is 1.45. The lowest BCUT2D eigenvalue weighted by atomic mass is 10.1. The molecule has 8 nitrogen and oxygen atoms in total. The number of nitrogens with one attached hydrogen (secondary N) is 1. The van der Waals surface area contributed by atoms with E-state index in [2.05, 4.69) is 9.97 Å². The third kappa shape index (κ3) is 3.30. The molecule has 0 unspecified atom stereocenters. The number of fused-ring (bicyclic) bond motifs is 2. The summed E-state index contributed by atoms with van der Waals surface area (Å²) in [5, 5.41) is 0. The van der Waals surface area contributed by atoms with Gasteiger partial charge in [-0.15, -0.1) is 0 Å². The van der Waals surface area contributed by atoms with Gasteiger partial charge in [0.2, 0.25) is 5.91 Å². The average molecular weight is 368 g/mol. The number of carbonyl (C=O) groups is 2. The number of aromatic amines is 1. The first kappa shape index (κ1) is 17.3. The molecule has 0 bridgehead atoms. The molecule has 2 aliphatic heterocycles. The molecule has 4 rings (SSSR count). The van der Waals surface area contributed by atoms with Gasteiger partial charge in [-0.3, -0.25) is 14.4 Å². The first-order valence-electron chi connectivity index (χ1n) is 8.91. The number of ether oxygens (including phenoxy) is 1. The highest BCUT2D eigenvalue weighted by Gasteiger charge is 2.28. The van der Waals surface area contributed by atoms with Gasteiger partial charge < -0.3 is 19.5 Å². The van der Waals surface area contributed by atoms with Crippen molar-refractivity contribution in [2.24, 2.45) is 0 Å². The molecule has 0 atom stereocenters. The van der Waals surface area contributed by atoms with Crippen molar-refractivity contribution in [1.82, 2.24) is 14.9 Å². The van der Waals surface area contributed by atoms with Crippen molar-refractivity contribution in [1.29, 1.82) is 0 Å². The molecule has 3 heterocycles. The van der Waals surface area contributed by atoms with Crippen LogP contribution in [0.25, 0.3) is 0 Å². The van der Waals surface area contributed by atoms with Gasteiger partial charge in [-0.2, -0.15) is 0 Å². The molecule has 1 N–H and O–H groups in total. The third-order valence-electron chi connectivity index (χ3n) is 4.90. The zero-order valence-corrected chi connectivity index (χ0v) is 15.0. The number of hydrogen-bond donors (Lipinski definition) is 1. The number of carbonyl (C=O) groups excluding carboxylic acids is 2. The van der Waals surface area contributed by atoms with Crippen molar-refractivity contribution >= 4 is 17.5 Å². The van der Waals surface area contributed by atoms with E-state index in [4.69, 9.17) is 4.74 Å². The summed E-state index contributed by atoms with van der Waals surface area (Å²) in [6.45, 7) is 2.81. The molecule has 1 aromatic heterocycles. The zero-order chi connectivity index (χ0) is 19.0. The maximum atomic E-state index is 12.7. The van der Waals surface area contributed by atoms with Crippen molar-refractivity contribution in [3.8, 4) is 5.75 Å². The minimum atomic E-state index is -0.158. The van der Waals surface area contributed by atoms with E-state index in [1.54, 1.807) is 16.7 Å². The molecule has 0 saturated carbocycles. The minimum Gasteiger partial charge on any atom is -0.482 e. The van der Waals surface area contributed by atoms with Gasteiger partial charge in [0.1, 0.15) is 11.6 Å². The maximum Gasteiger partial charge on any atom is 0.265 e. The average Bonchev–Trinajstić information content (AvgIpc) is 2.66. The highest BCUT2D eigenvalue weighted by molar-refractivity contribution is 5.98. The van der Waals surface area contributed by atoms with Crippen LogP contribution in [0.5, 0.6) is 5.75 Å². The molecule has 8 heteroatoms. The summed E-state index contributed by atoms with van der Waals surface area (Å²) in [7, 11) is 0. The van der Waals surface area contributed by atoms with Crippen molar-refractivity contribution in [2.75, 3.05) is 24.6 Å². The molecule has 2 aliphatic rings. The molecule has 2 aromatic rings. The van der Waals surface area contributed by atoms with Gasteiger partial charge in [0.05, 0.1) is 17.9 Å². The van der Waals surface area contributed by atoms with E-state index in [0.29, 0.717) is 54.6 Å². The van der Waals surface area contributed by atoms with Gasteiger partial charge in [-0.05, 0) is 25.5 Å². The van der Waals surface area contributed by atoms with Crippen LogP contribution in [0.3, 0.4) is 0 Å². The number of para-hydroxylation sites is 2. The second-order valence-electron chi connectivity index (χ2n) is 6.69. The number of amides is 2. The molecule has 0 radical (unpaired) electrons.